The van der Waals surface area contributed by atoms with Gasteiger partial charge in [0.1, 0.15) is 5.76 Å². The number of aromatic nitrogens is 2. The Bertz CT molecular complexity index is 1140. The Balaban J connectivity index is 1.50. The first-order chi connectivity index (χ1) is 14.1. The minimum absolute atomic E-state index is 0.171. The van der Waals surface area contributed by atoms with E-state index in [1.54, 1.807) is 11.8 Å². The van der Waals surface area contributed by atoms with Crippen molar-refractivity contribution in [1.82, 2.24) is 10.1 Å². The summed E-state index contributed by atoms with van der Waals surface area (Å²) in [5.74, 6) is 1.22. The number of hydrogen-bond acceptors (Lipinski definition) is 6. The summed E-state index contributed by atoms with van der Waals surface area (Å²) >= 11 is 3.03. The number of benzene rings is 2. The number of nitrogens with zero attached hydrogens (tertiary/aromatic N) is 2. The predicted octanol–water partition coefficient (Wildman–Crippen LogP) is 5.96. The van der Waals surface area contributed by atoms with Crippen molar-refractivity contribution in [3.63, 3.8) is 0 Å². The molecule has 0 saturated carbocycles. The summed E-state index contributed by atoms with van der Waals surface area (Å²) in [4.78, 5) is 19.4. The van der Waals surface area contributed by atoms with Crippen molar-refractivity contribution in [2.24, 2.45) is 0 Å². The van der Waals surface area contributed by atoms with Gasteiger partial charge in [-0.1, -0.05) is 59.0 Å². The monoisotopic (exact) mass is 421 g/mol. The number of thiazole rings is 1. The third kappa shape index (κ3) is 4.58. The van der Waals surface area contributed by atoms with Gasteiger partial charge in [0.15, 0.2) is 5.13 Å². The van der Waals surface area contributed by atoms with E-state index in [9.17, 15) is 4.79 Å². The molecule has 0 spiro atoms. The highest BCUT2D eigenvalue weighted by atomic mass is 32.2. The average Bonchev–Trinajstić information content (AvgIpc) is 3.32. The molecule has 4 rings (SSSR count). The Hall–Kier alpha value is -2.90. The van der Waals surface area contributed by atoms with Crippen molar-refractivity contribution in [3.05, 3.63) is 83.4 Å². The van der Waals surface area contributed by atoms with Crippen molar-refractivity contribution in [3.8, 4) is 10.4 Å². The second-order valence-corrected chi connectivity index (χ2v) is 8.49. The van der Waals surface area contributed by atoms with Gasteiger partial charge in [-0.2, -0.15) is 0 Å². The van der Waals surface area contributed by atoms with Gasteiger partial charge in [0.2, 0.25) is 0 Å². The van der Waals surface area contributed by atoms with Crippen LogP contribution in [-0.2, 0) is 5.75 Å². The minimum Gasteiger partial charge on any atom is -0.360 e. The molecule has 146 valence electrons. The van der Waals surface area contributed by atoms with Crippen LogP contribution in [-0.4, -0.2) is 16.0 Å². The highest BCUT2D eigenvalue weighted by Crippen LogP contribution is 2.33. The lowest BCUT2D eigenvalue weighted by molar-refractivity contribution is 0.102. The van der Waals surface area contributed by atoms with Crippen molar-refractivity contribution >= 4 is 34.1 Å². The lowest BCUT2D eigenvalue weighted by atomic mass is 10.2. The molecule has 0 saturated heterocycles. The minimum atomic E-state index is -0.171. The summed E-state index contributed by atoms with van der Waals surface area (Å²) in [6, 6.07) is 19.5. The molecular weight excluding hydrogens is 402 g/mol. The standard InChI is InChI=1S/C22H19N3O2S2/c1-14-12-17(27-25-14)13-28-19-11-7-6-10-18(19)21(26)24-22-23-15(2)20(29-22)16-8-4-3-5-9-16/h3-12H,13H2,1-2H3,(H,23,24,26). The zero-order chi connectivity index (χ0) is 20.2. The van der Waals surface area contributed by atoms with Gasteiger partial charge in [0.25, 0.3) is 5.91 Å². The van der Waals surface area contributed by atoms with E-state index in [4.69, 9.17) is 4.52 Å². The zero-order valence-corrected chi connectivity index (χ0v) is 17.6. The number of rotatable bonds is 6. The smallest absolute Gasteiger partial charge is 0.258 e. The molecule has 2 heterocycles. The van der Waals surface area contributed by atoms with Gasteiger partial charge in [-0.05, 0) is 31.5 Å². The van der Waals surface area contributed by atoms with E-state index < -0.39 is 0 Å². The van der Waals surface area contributed by atoms with Crippen LogP contribution in [0.2, 0.25) is 0 Å². The number of anilines is 1. The molecule has 1 amide bonds. The molecule has 4 aromatic rings. The maximum absolute atomic E-state index is 12.9. The Labute approximate surface area is 177 Å². The van der Waals surface area contributed by atoms with Crippen LogP contribution in [0.4, 0.5) is 5.13 Å². The molecule has 0 unspecified atom stereocenters. The normalized spacial score (nSPS) is 10.8. The van der Waals surface area contributed by atoms with Gasteiger partial charge in [-0.15, -0.1) is 11.8 Å². The summed E-state index contributed by atoms with van der Waals surface area (Å²) in [6.07, 6.45) is 0. The van der Waals surface area contributed by atoms with Gasteiger partial charge in [-0.3, -0.25) is 10.1 Å². The Morgan fingerprint density at radius 1 is 1.10 bits per heavy atom. The summed E-state index contributed by atoms with van der Waals surface area (Å²) in [5.41, 5.74) is 3.46. The molecule has 0 aliphatic rings. The second-order valence-electron chi connectivity index (χ2n) is 6.47. The maximum Gasteiger partial charge on any atom is 0.258 e. The van der Waals surface area contributed by atoms with Crippen LogP contribution in [0.5, 0.6) is 0 Å². The number of aryl methyl sites for hydroxylation is 2. The Morgan fingerprint density at radius 3 is 2.62 bits per heavy atom. The van der Waals surface area contributed by atoms with Crippen molar-refractivity contribution in [2.45, 2.75) is 24.5 Å². The lowest BCUT2D eigenvalue weighted by Gasteiger charge is -2.07. The Kier molecular flexibility index (Phi) is 5.78. The number of nitrogens with one attached hydrogen (secondary N) is 1. The van der Waals surface area contributed by atoms with E-state index in [1.165, 1.54) is 11.3 Å². The SMILES string of the molecule is Cc1cc(CSc2ccccc2C(=O)Nc2nc(C)c(-c3ccccc3)s2)on1. The van der Waals surface area contributed by atoms with E-state index in [-0.39, 0.29) is 5.91 Å². The highest BCUT2D eigenvalue weighted by Gasteiger charge is 2.16. The molecule has 0 radical (unpaired) electrons. The molecule has 5 nitrogen and oxygen atoms in total. The van der Waals surface area contributed by atoms with Gasteiger partial charge in [0, 0.05) is 11.0 Å². The van der Waals surface area contributed by atoms with E-state index in [2.05, 4.69) is 15.5 Å². The van der Waals surface area contributed by atoms with Crippen LogP contribution in [0.15, 0.2) is 70.1 Å². The fraction of sp³-hybridized carbons (Fsp3) is 0.136. The van der Waals surface area contributed by atoms with Crippen LogP contribution in [0.25, 0.3) is 10.4 Å². The number of hydrogen-bond donors (Lipinski definition) is 1. The first kappa shape index (κ1) is 19.4. The molecule has 0 bridgehead atoms. The van der Waals surface area contributed by atoms with E-state index in [1.807, 2.05) is 74.5 Å². The largest absolute Gasteiger partial charge is 0.360 e. The fourth-order valence-electron chi connectivity index (χ4n) is 2.89. The number of carbonyl (C=O) groups is 1. The van der Waals surface area contributed by atoms with Gasteiger partial charge in [-0.25, -0.2) is 4.98 Å². The van der Waals surface area contributed by atoms with Crippen LogP contribution in [0.3, 0.4) is 0 Å². The first-order valence-electron chi connectivity index (χ1n) is 9.08. The van der Waals surface area contributed by atoms with Crippen molar-refractivity contribution in [1.29, 1.82) is 0 Å². The fourth-order valence-corrected chi connectivity index (χ4v) is 4.78. The molecule has 7 heteroatoms. The van der Waals surface area contributed by atoms with Crippen LogP contribution in [0, 0.1) is 13.8 Å². The molecule has 0 fully saturated rings. The molecular formula is C22H19N3O2S2. The summed E-state index contributed by atoms with van der Waals surface area (Å²) in [7, 11) is 0. The number of carbonyl (C=O) groups excluding carboxylic acids is 1. The zero-order valence-electron chi connectivity index (χ0n) is 16.0. The highest BCUT2D eigenvalue weighted by molar-refractivity contribution is 7.98. The summed E-state index contributed by atoms with van der Waals surface area (Å²) < 4.78 is 5.26. The summed E-state index contributed by atoms with van der Waals surface area (Å²) in [6.45, 7) is 3.84. The second kappa shape index (κ2) is 8.63. The van der Waals surface area contributed by atoms with Crippen LogP contribution < -0.4 is 5.32 Å². The predicted molar refractivity (Wildman–Crippen MR) is 117 cm³/mol. The quantitative estimate of drug-likeness (QED) is 0.389. The molecule has 0 aliphatic carbocycles. The molecule has 0 atom stereocenters. The topological polar surface area (TPSA) is 68.0 Å². The van der Waals surface area contributed by atoms with E-state index in [0.717, 1.165) is 32.5 Å². The molecule has 29 heavy (non-hydrogen) atoms. The molecule has 2 aromatic carbocycles. The third-order valence-corrected chi connectivity index (χ3v) is 6.45. The maximum atomic E-state index is 12.9. The molecule has 2 aromatic heterocycles. The van der Waals surface area contributed by atoms with Gasteiger partial charge < -0.3 is 4.52 Å². The van der Waals surface area contributed by atoms with Crippen molar-refractivity contribution in [2.75, 3.05) is 5.32 Å². The number of thioether (sulfide) groups is 1. The molecule has 1 N–H and O–H groups in total. The first-order valence-corrected chi connectivity index (χ1v) is 10.9. The lowest BCUT2D eigenvalue weighted by Crippen LogP contribution is -2.12. The van der Waals surface area contributed by atoms with Crippen LogP contribution in [0.1, 0.15) is 27.5 Å². The average molecular weight is 422 g/mol. The van der Waals surface area contributed by atoms with Gasteiger partial charge >= 0.3 is 0 Å². The number of amides is 1. The van der Waals surface area contributed by atoms with Crippen LogP contribution >= 0.6 is 23.1 Å². The van der Waals surface area contributed by atoms with E-state index in [0.29, 0.717) is 16.4 Å². The molecule has 0 aliphatic heterocycles. The van der Waals surface area contributed by atoms with Crippen molar-refractivity contribution < 1.29 is 9.32 Å². The van der Waals surface area contributed by atoms with E-state index >= 15 is 0 Å². The Morgan fingerprint density at radius 2 is 1.86 bits per heavy atom. The van der Waals surface area contributed by atoms with Gasteiger partial charge in [0.05, 0.1) is 27.6 Å². The third-order valence-electron chi connectivity index (χ3n) is 4.23. The summed E-state index contributed by atoms with van der Waals surface area (Å²) in [5, 5.41) is 7.45.